The van der Waals surface area contributed by atoms with E-state index in [-0.39, 0.29) is 0 Å². The van der Waals surface area contributed by atoms with E-state index in [1.54, 1.807) is 6.08 Å². The molecule has 0 heterocycles. The Morgan fingerprint density at radius 3 is 2.38 bits per heavy atom. The van der Waals surface area contributed by atoms with Crippen molar-refractivity contribution in [2.24, 2.45) is 5.92 Å². The van der Waals surface area contributed by atoms with Crippen LogP contribution in [0.25, 0.3) is 0 Å². The van der Waals surface area contributed by atoms with E-state index < -0.39 is 0 Å². The van der Waals surface area contributed by atoms with Crippen LogP contribution in [0.2, 0.25) is 0 Å². The van der Waals surface area contributed by atoms with Crippen LogP contribution in [0.3, 0.4) is 0 Å². The van der Waals surface area contributed by atoms with Gasteiger partial charge in [-0.25, -0.2) is 0 Å². The number of hydrogen-bond acceptors (Lipinski definition) is 1. The minimum atomic E-state index is 0.635. The van der Waals surface area contributed by atoms with Crippen molar-refractivity contribution in [3.05, 3.63) is 23.3 Å². The maximum atomic E-state index is 10.1. The fourth-order valence-electron chi connectivity index (χ4n) is 0.963. The highest BCUT2D eigenvalue weighted by Crippen LogP contribution is 2.11. The zero-order valence-electron chi connectivity index (χ0n) is 9.13. The summed E-state index contributed by atoms with van der Waals surface area (Å²) in [4.78, 5) is 10.1. The van der Waals surface area contributed by atoms with Crippen LogP contribution in [0.1, 0.15) is 40.5 Å². The second-order valence-corrected chi connectivity index (χ2v) is 3.79. The van der Waals surface area contributed by atoms with Gasteiger partial charge in [-0.2, -0.15) is 0 Å². The van der Waals surface area contributed by atoms with Crippen LogP contribution in [-0.2, 0) is 4.79 Å². The van der Waals surface area contributed by atoms with Gasteiger partial charge < -0.3 is 0 Å². The zero-order valence-corrected chi connectivity index (χ0v) is 9.13. The molecule has 0 rings (SSSR count). The Hall–Kier alpha value is -0.850. The van der Waals surface area contributed by atoms with Crippen molar-refractivity contribution in [1.29, 1.82) is 0 Å². The Morgan fingerprint density at radius 2 is 1.92 bits per heavy atom. The average Bonchev–Trinajstić information content (AvgIpc) is 2.04. The first kappa shape index (κ1) is 12.2. The van der Waals surface area contributed by atoms with E-state index in [9.17, 15) is 4.79 Å². The quantitative estimate of drug-likeness (QED) is 0.359. The number of rotatable bonds is 5. The highest BCUT2D eigenvalue weighted by molar-refractivity contribution is 5.65. The molecule has 13 heavy (non-hydrogen) atoms. The molecule has 0 aliphatic carbocycles. The van der Waals surface area contributed by atoms with Crippen LogP contribution in [0.15, 0.2) is 23.3 Å². The Bertz CT molecular complexity index is 209. The second-order valence-electron chi connectivity index (χ2n) is 3.79. The third-order valence-electron chi connectivity index (χ3n) is 2.27. The number of hydrogen-bond donors (Lipinski definition) is 0. The first-order valence-electron chi connectivity index (χ1n) is 4.85. The molecule has 0 aliphatic rings. The Morgan fingerprint density at radius 1 is 1.31 bits per heavy atom. The lowest BCUT2D eigenvalue weighted by Gasteiger charge is -2.04. The smallest absolute Gasteiger partial charge is 0.142 e. The van der Waals surface area contributed by atoms with Crippen LogP contribution in [0, 0.1) is 5.92 Å². The van der Waals surface area contributed by atoms with Gasteiger partial charge in [-0.1, -0.05) is 31.1 Å². The van der Waals surface area contributed by atoms with Gasteiger partial charge in [0.15, 0.2) is 0 Å². The fraction of sp³-hybridized carbons (Fsp3) is 0.583. The van der Waals surface area contributed by atoms with Crippen molar-refractivity contribution in [1.82, 2.24) is 0 Å². The fourth-order valence-corrected chi connectivity index (χ4v) is 0.963. The molecule has 74 valence electrons. The molecule has 0 radical (unpaired) electrons. The molecule has 1 nitrogen and oxygen atoms in total. The second kappa shape index (κ2) is 6.64. The molecule has 0 aliphatic heterocycles. The summed E-state index contributed by atoms with van der Waals surface area (Å²) in [6.45, 7) is 8.54. The molecule has 0 aromatic carbocycles. The van der Waals surface area contributed by atoms with Gasteiger partial charge in [0.1, 0.15) is 6.29 Å². The van der Waals surface area contributed by atoms with E-state index in [1.807, 2.05) is 6.92 Å². The summed E-state index contributed by atoms with van der Waals surface area (Å²) >= 11 is 0. The van der Waals surface area contributed by atoms with Gasteiger partial charge in [-0.15, -0.1) is 0 Å². The molecule has 0 saturated heterocycles. The lowest BCUT2D eigenvalue weighted by molar-refractivity contribution is -0.104. The largest absolute Gasteiger partial charge is 0.299 e. The van der Waals surface area contributed by atoms with E-state index in [1.165, 1.54) is 5.57 Å². The summed E-state index contributed by atoms with van der Waals surface area (Å²) in [6, 6.07) is 0. The zero-order chi connectivity index (χ0) is 10.3. The van der Waals surface area contributed by atoms with Crippen molar-refractivity contribution in [2.75, 3.05) is 0 Å². The predicted octanol–water partition coefficient (Wildman–Crippen LogP) is 3.51. The summed E-state index contributed by atoms with van der Waals surface area (Å²) in [5.41, 5.74) is 2.58. The summed E-state index contributed by atoms with van der Waals surface area (Å²) in [5.74, 6) is 0.635. The molecule has 1 heteroatoms. The maximum absolute atomic E-state index is 10.1. The van der Waals surface area contributed by atoms with E-state index in [4.69, 9.17) is 0 Å². The molecule has 0 spiro atoms. The van der Waals surface area contributed by atoms with Crippen molar-refractivity contribution in [2.45, 2.75) is 40.5 Å². The van der Waals surface area contributed by atoms with Crippen molar-refractivity contribution in [3.63, 3.8) is 0 Å². The SMILES string of the molecule is C/C(=C\C=O)CC/C=C(\C)C(C)C. The van der Waals surface area contributed by atoms with E-state index in [0.717, 1.165) is 24.7 Å². The molecular formula is C12H20O. The maximum Gasteiger partial charge on any atom is 0.142 e. The van der Waals surface area contributed by atoms with Crippen molar-refractivity contribution < 1.29 is 4.79 Å². The van der Waals surface area contributed by atoms with Crippen LogP contribution < -0.4 is 0 Å². The van der Waals surface area contributed by atoms with E-state index in [0.29, 0.717) is 5.92 Å². The normalized spacial score (nSPS) is 13.6. The minimum Gasteiger partial charge on any atom is -0.299 e. The molecule has 0 fully saturated rings. The number of carbonyl (C=O) groups excluding carboxylic acids is 1. The molecule has 0 N–H and O–H groups in total. The lowest BCUT2D eigenvalue weighted by atomic mass is 10.0. The minimum absolute atomic E-state index is 0.635. The first-order chi connectivity index (χ1) is 6.07. The van der Waals surface area contributed by atoms with Crippen LogP contribution in [0.4, 0.5) is 0 Å². The third kappa shape index (κ3) is 6.32. The molecule has 0 amide bonds. The summed E-state index contributed by atoms with van der Waals surface area (Å²) in [5, 5.41) is 0. The summed E-state index contributed by atoms with van der Waals surface area (Å²) in [7, 11) is 0. The van der Waals surface area contributed by atoms with Crippen molar-refractivity contribution >= 4 is 6.29 Å². The molecular weight excluding hydrogens is 160 g/mol. The first-order valence-corrected chi connectivity index (χ1v) is 4.85. The highest BCUT2D eigenvalue weighted by Gasteiger charge is 1.95. The molecule has 0 aromatic heterocycles. The summed E-state index contributed by atoms with van der Waals surface area (Å²) in [6.07, 6.45) is 6.78. The lowest BCUT2D eigenvalue weighted by Crippen LogP contribution is -1.88. The third-order valence-corrected chi connectivity index (χ3v) is 2.27. The Kier molecular flexibility index (Phi) is 6.21. The monoisotopic (exact) mass is 180 g/mol. The predicted molar refractivity (Wildman–Crippen MR) is 57.7 cm³/mol. The standard InChI is InChI=1S/C12H20O/c1-10(2)12(4)7-5-6-11(3)8-9-13/h7-10H,5-6H2,1-4H3/b11-8+,12-7+. The van der Waals surface area contributed by atoms with E-state index in [2.05, 4.69) is 26.8 Å². The van der Waals surface area contributed by atoms with Gasteiger partial charge in [0.2, 0.25) is 0 Å². The van der Waals surface area contributed by atoms with Gasteiger partial charge >= 0.3 is 0 Å². The van der Waals surface area contributed by atoms with Crippen LogP contribution in [-0.4, -0.2) is 6.29 Å². The number of allylic oxidation sites excluding steroid dienone is 4. The molecule has 0 aromatic rings. The van der Waals surface area contributed by atoms with Gasteiger partial charge in [0.25, 0.3) is 0 Å². The number of carbonyl (C=O) groups is 1. The van der Waals surface area contributed by atoms with Gasteiger partial charge in [-0.05, 0) is 38.7 Å². The molecule has 0 saturated carbocycles. The van der Waals surface area contributed by atoms with Crippen molar-refractivity contribution in [3.8, 4) is 0 Å². The van der Waals surface area contributed by atoms with Gasteiger partial charge in [0.05, 0.1) is 0 Å². The van der Waals surface area contributed by atoms with E-state index >= 15 is 0 Å². The highest BCUT2D eigenvalue weighted by atomic mass is 16.1. The van der Waals surface area contributed by atoms with Crippen LogP contribution >= 0.6 is 0 Å². The molecule has 0 bridgehead atoms. The molecule has 0 atom stereocenters. The van der Waals surface area contributed by atoms with Crippen LogP contribution in [0.5, 0.6) is 0 Å². The van der Waals surface area contributed by atoms with Gasteiger partial charge in [0, 0.05) is 0 Å². The molecule has 0 unspecified atom stereocenters. The summed E-state index contributed by atoms with van der Waals surface area (Å²) < 4.78 is 0. The number of aldehydes is 1. The Balaban J connectivity index is 3.85. The topological polar surface area (TPSA) is 17.1 Å². The average molecular weight is 180 g/mol. The van der Waals surface area contributed by atoms with Gasteiger partial charge in [-0.3, -0.25) is 4.79 Å². The Labute approximate surface area is 81.5 Å².